The fraction of sp³-hybridized carbons (Fsp3) is 0.222. The predicted octanol–water partition coefficient (Wildman–Crippen LogP) is 4.49. The van der Waals surface area contributed by atoms with Gasteiger partial charge in [0, 0.05) is 30.5 Å². The van der Waals surface area contributed by atoms with E-state index in [1.807, 2.05) is 0 Å². The molecule has 1 aliphatic rings. The zero-order valence-corrected chi connectivity index (χ0v) is 15.8. The minimum atomic E-state index is -4.68. The molecule has 10 heteroatoms. The highest BCUT2D eigenvalue weighted by molar-refractivity contribution is 7.91. The summed E-state index contributed by atoms with van der Waals surface area (Å²) in [5.41, 5.74) is -0.474. The van der Waals surface area contributed by atoms with Crippen LogP contribution in [-0.4, -0.2) is 15.0 Å². The van der Waals surface area contributed by atoms with Gasteiger partial charge in [-0.2, -0.15) is 13.2 Å². The molecule has 2 aromatic carbocycles. The molecular formula is C18H14ClF4NO3S. The van der Waals surface area contributed by atoms with Gasteiger partial charge in [0.15, 0.2) is 11.4 Å². The van der Waals surface area contributed by atoms with E-state index < -0.39 is 37.2 Å². The minimum Gasteiger partial charge on any atom is -0.458 e. The van der Waals surface area contributed by atoms with Gasteiger partial charge in [0.2, 0.25) is 9.84 Å². The second-order valence-corrected chi connectivity index (χ2v) is 8.19. The standard InChI is InChI=1S/C18H13F4NO3S.ClH/c19-15-8-12(7-13-14-9-23-5-4-16(14)26-17(13)15)27(24,25)11-3-1-2-10(6-11)18(20,21)22;/h1-3,6-8,23H,4-5,9H2;1H. The van der Waals surface area contributed by atoms with Gasteiger partial charge in [0.05, 0.1) is 15.4 Å². The third-order valence-electron chi connectivity index (χ3n) is 4.52. The lowest BCUT2D eigenvalue weighted by atomic mass is 10.1. The zero-order valence-electron chi connectivity index (χ0n) is 14.1. The molecule has 2 heterocycles. The first kappa shape index (κ1) is 20.6. The van der Waals surface area contributed by atoms with Gasteiger partial charge < -0.3 is 9.73 Å². The highest BCUT2D eigenvalue weighted by Crippen LogP contribution is 2.35. The average molecular weight is 436 g/mol. The lowest BCUT2D eigenvalue weighted by Gasteiger charge is -2.11. The summed E-state index contributed by atoms with van der Waals surface area (Å²) in [6.45, 7) is 1.05. The largest absolute Gasteiger partial charge is 0.458 e. The smallest absolute Gasteiger partial charge is 0.416 e. The maximum absolute atomic E-state index is 14.5. The molecule has 0 saturated heterocycles. The van der Waals surface area contributed by atoms with Crippen molar-refractivity contribution in [3.63, 3.8) is 0 Å². The molecule has 0 radical (unpaired) electrons. The molecule has 150 valence electrons. The summed E-state index contributed by atoms with van der Waals surface area (Å²) in [6.07, 6.45) is -4.14. The quantitative estimate of drug-likeness (QED) is 0.602. The molecule has 0 aliphatic carbocycles. The second-order valence-electron chi connectivity index (χ2n) is 6.24. The first-order valence-corrected chi connectivity index (χ1v) is 9.53. The van der Waals surface area contributed by atoms with Gasteiger partial charge in [-0.1, -0.05) is 6.07 Å². The first-order valence-electron chi connectivity index (χ1n) is 8.05. The van der Waals surface area contributed by atoms with Gasteiger partial charge in [0.1, 0.15) is 5.76 Å². The summed E-state index contributed by atoms with van der Waals surface area (Å²) in [7, 11) is -4.34. The summed E-state index contributed by atoms with van der Waals surface area (Å²) in [5.74, 6) is -0.288. The molecule has 4 rings (SSSR count). The van der Waals surface area contributed by atoms with Crippen LogP contribution in [0.15, 0.2) is 50.6 Å². The van der Waals surface area contributed by atoms with Crippen LogP contribution >= 0.6 is 12.4 Å². The molecule has 1 aliphatic heterocycles. The van der Waals surface area contributed by atoms with Crippen molar-refractivity contribution in [2.24, 2.45) is 0 Å². The van der Waals surface area contributed by atoms with E-state index in [9.17, 15) is 26.0 Å². The second kappa shape index (κ2) is 7.06. The number of nitrogens with one attached hydrogen (secondary N) is 1. The Labute approximate surface area is 163 Å². The van der Waals surface area contributed by atoms with E-state index in [0.29, 0.717) is 42.3 Å². The van der Waals surface area contributed by atoms with Crippen molar-refractivity contribution in [2.45, 2.75) is 28.9 Å². The molecule has 4 nitrogen and oxygen atoms in total. The molecule has 28 heavy (non-hydrogen) atoms. The van der Waals surface area contributed by atoms with E-state index in [4.69, 9.17) is 4.42 Å². The molecule has 1 aromatic heterocycles. The average Bonchev–Trinajstić information content (AvgIpc) is 3.01. The van der Waals surface area contributed by atoms with Crippen molar-refractivity contribution in [1.29, 1.82) is 0 Å². The highest BCUT2D eigenvalue weighted by atomic mass is 35.5. The molecule has 1 N–H and O–H groups in total. The van der Waals surface area contributed by atoms with Crippen LogP contribution in [0.2, 0.25) is 0 Å². The molecule has 0 bridgehead atoms. The summed E-state index contributed by atoms with van der Waals surface area (Å²) in [6, 6.07) is 5.42. The number of hydrogen-bond acceptors (Lipinski definition) is 4. The van der Waals surface area contributed by atoms with E-state index >= 15 is 0 Å². The molecule has 0 unspecified atom stereocenters. The Morgan fingerprint density at radius 1 is 1.07 bits per heavy atom. The Hall–Kier alpha value is -2.10. The molecule has 0 atom stereocenters. The summed E-state index contributed by atoms with van der Waals surface area (Å²) < 4.78 is 84.3. The van der Waals surface area contributed by atoms with Crippen LogP contribution in [0.25, 0.3) is 11.0 Å². The van der Waals surface area contributed by atoms with Crippen LogP contribution in [0.3, 0.4) is 0 Å². The van der Waals surface area contributed by atoms with E-state index in [1.165, 1.54) is 6.07 Å². The van der Waals surface area contributed by atoms with Crippen molar-refractivity contribution in [1.82, 2.24) is 5.32 Å². The van der Waals surface area contributed by atoms with E-state index in [2.05, 4.69) is 5.32 Å². The highest BCUT2D eigenvalue weighted by Gasteiger charge is 2.32. The molecule has 0 saturated carbocycles. The lowest BCUT2D eigenvalue weighted by molar-refractivity contribution is -0.137. The van der Waals surface area contributed by atoms with Crippen LogP contribution in [0.4, 0.5) is 17.6 Å². The van der Waals surface area contributed by atoms with Gasteiger partial charge in [-0.3, -0.25) is 0 Å². The van der Waals surface area contributed by atoms with Crippen molar-refractivity contribution in [2.75, 3.05) is 6.54 Å². The first-order chi connectivity index (χ1) is 12.7. The Morgan fingerprint density at radius 2 is 1.82 bits per heavy atom. The van der Waals surface area contributed by atoms with Crippen molar-refractivity contribution < 1.29 is 30.4 Å². The maximum atomic E-state index is 14.5. The number of furan rings is 1. The van der Waals surface area contributed by atoms with Crippen LogP contribution in [-0.2, 0) is 29.0 Å². The fourth-order valence-electron chi connectivity index (χ4n) is 3.17. The van der Waals surface area contributed by atoms with E-state index in [1.54, 1.807) is 0 Å². The summed E-state index contributed by atoms with van der Waals surface area (Å²) in [5, 5.41) is 3.40. The molecule has 0 spiro atoms. The summed E-state index contributed by atoms with van der Waals surface area (Å²) in [4.78, 5) is -0.965. The maximum Gasteiger partial charge on any atom is 0.416 e. The van der Waals surface area contributed by atoms with Crippen LogP contribution in [0.5, 0.6) is 0 Å². The molecule has 0 fully saturated rings. The Bertz CT molecular complexity index is 1160. The topological polar surface area (TPSA) is 59.3 Å². The van der Waals surface area contributed by atoms with Gasteiger partial charge in [0.25, 0.3) is 0 Å². The molecule has 3 aromatic rings. The van der Waals surface area contributed by atoms with Gasteiger partial charge >= 0.3 is 6.18 Å². The number of sulfone groups is 1. The monoisotopic (exact) mass is 435 g/mol. The predicted molar refractivity (Wildman–Crippen MR) is 95.7 cm³/mol. The number of hydrogen-bond donors (Lipinski definition) is 1. The molecule has 0 amide bonds. The number of alkyl halides is 3. The zero-order chi connectivity index (χ0) is 19.4. The minimum absolute atomic E-state index is 0. The van der Waals surface area contributed by atoms with Crippen LogP contribution < -0.4 is 5.32 Å². The van der Waals surface area contributed by atoms with E-state index in [0.717, 1.165) is 24.3 Å². The number of fused-ring (bicyclic) bond motifs is 3. The normalized spacial score (nSPS) is 14.6. The number of rotatable bonds is 2. The lowest BCUT2D eigenvalue weighted by Crippen LogP contribution is -2.22. The van der Waals surface area contributed by atoms with Gasteiger partial charge in [-0.15, -0.1) is 12.4 Å². The third kappa shape index (κ3) is 3.38. The summed E-state index contributed by atoms with van der Waals surface area (Å²) >= 11 is 0. The Kier molecular flexibility index (Phi) is 5.20. The Balaban J connectivity index is 0.00000225. The van der Waals surface area contributed by atoms with Crippen LogP contribution in [0, 0.1) is 5.82 Å². The third-order valence-corrected chi connectivity index (χ3v) is 6.25. The Morgan fingerprint density at radius 3 is 2.54 bits per heavy atom. The van der Waals surface area contributed by atoms with Gasteiger partial charge in [-0.25, -0.2) is 12.8 Å². The van der Waals surface area contributed by atoms with Crippen molar-refractivity contribution in [3.05, 3.63) is 59.1 Å². The van der Waals surface area contributed by atoms with Crippen molar-refractivity contribution >= 4 is 33.2 Å². The number of benzene rings is 2. The fourth-order valence-corrected chi connectivity index (χ4v) is 4.52. The van der Waals surface area contributed by atoms with Crippen molar-refractivity contribution in [3.8, 4) is 0 Å². The van der Waals surface area contributed by atoms with Crippen LogP contribution in [0.1, 0.15) is 16.9 Å². The number of halogens is 5. The molecular weight excluding hydrogens is 422 g/mol. The SMILES string of the molecule is Cl.O=S(=O)(c1cccc(C(F)(F)F)c1)c1cc(F)c2oc3c(c2c1)CNCC3. The van der Waals surface area contributed by atoms with E-state index in [-0.39, 0.29) is 18.0 Å². The van der Waals surface area contributed by atoms with Gasteiger partial charge in [-0.05, 0) is 30.3 Å².